The average molecular weight is 221 g/mol. The van der Waals surface area contributed by atoms with Gasteiger partial charge in [0.1, 0.15) is 18.1 Å². The molecule has 0 aliphatic rings. The van der Waals surface area contributed by atoms with Gasteiger partial charge in [-0.15, -0.1) is 13.2 Å². The minimum atomic E-state index is -4.69. The number of rotatable bonds is 4. The van der Waals surface area contributed by atoms with E-state index >= 15 is 0 Å². The van der Waals surface area contributed by atoms with E-state index in [-0.39, 0.29) is 12.4 Å². The molecule has 1 aromatic rings. The molecule has 0 amide bonds. The zero-order chi connectivity index (χ0) is 11.3. The van der Waals surface area contributed by atoms with E-state index in [2.05, 4.69) is 4.74 Å². The molecule has 0 aliphatic heterocycles. The molecule has 0 saturated carbocycles. The summed E-state index contributed by atoms with van der Waals surface area (Å²) < 4.78 is 44.3. The summed E-state index contributed by atoms with van der Waals surface area (Å²) in [5, 5.41) is 0. The van der Waals surface area contributed by atoms with Crippen LogP contribution in [0.15, 0.2) is 24.3 Å². The molecule has 0 bridgehead atoms. The fourth-order valence-corrected chi connectivity index (χ4v) is 0.938. The maximum absolute atomic E-state index is 11.8. The number of hydrogen-bond acceptors (Lipinski definition) is 3. The number of alkyl halides is 3. The van der Waals surface area contributed by atoms with E-state index in [1.165, 1.54) is 18.2 Å². The fourth-order valence-electron chi connectivity index (χ4n) is 0.938. The molecule has 0 aliphatic carbocycles. The Morgan fingerprint density at radius 1 is 1.20 bits per heavy atom. The van der Waals surface area contributed by atoms with E-state index < -0.39 is 6.36 Å². The van der Waals surface area contributed by atoms with E-state index in [9.17, 15) is 13.2 Å². The van der Waals surface area contributed by atoms with Crippen molar-refractivity contribution in [3.05, 3.63) is 24.3 Å². The van der Waals surface area contributed by atoms with Gasteiger partial charge in [0.15, 0.2) is 0 Å². The first-order valence-electron chi connectivity index (χ1n) is 4.20. The molecule has 84 valence electrons. The van der Waals surface area contributed by atoms with Gasteiger partial charge in [-0.25, -0.2) is 0 Å². The Morgan fingerprint density at radius 2 is 1.87 bits per heavy atom. The van der Waals surface area contributed by atoms with Gasteiger partial charge in [0, 0.05) is 12.6 Å². The molecule has 0 atom stereocenters. The number of nitrogens with two attached hydrogens (primary N) is 1. The predicted octanol–water partition coefficient (Wildman–Crippen LogP) is 1.92. The molecule has 0 aromatic heterocycles. The Kier molecular flexibility index (Phi) is 3.79. The predicted molar refractivity (Wildman–Crippen MR) is 47.7 cm³/mol. The maximum Gasteiger partial charge on any atom is 0.573 e. The molecule has 0 spiro atoms. The Balaban J connectivity index is 2.66. The Labute approximate surface area is 84.6 Å². The molecule has 0 heterocycles. The lowest BCUT2D eigenvalue weighted by atomic mass is 10.3. The lowest BCUT2D eigenvalue weighted by Gasteiger charge is -2.10. The van der Waals surface area contributed by atoms with Crippen LogP contribution in [-0.2, 0) is 0 Å². The third-order valence-corrected chi connectivity index (χ3v) is 1.43. The molecular weight excluding hydrogens is 211 g/mol. The van der Waals surface area contributed by atoms with Gasteiger partial charge in [-0.05, 0) is 12.1 Å². The third kappa shape index (κ3) is 4.55. The van der Waals surface area contributed by atoms with Gasteiger partial charge in [-0.2, -0.15) is 0 Å². The second-order valence-corrected chi connectivity index (χ2v) is 2.66. The highest BCUT2D eigenvalue weighted by Gasteiger charge is 2.31. The van der Waals surface area contributed by atoms with E-state index in [1.54, 1.807) is 0 Å². The molecule has 0 saturated heterocycles. The topological polar surface area (TPSA) is 44.5 Å². The number of halogens is 3. The molecule has 6 heteroatoms. The van der Waals surface area contributed by atoms with Crippen molar-refractivity contribution < 1.29 is 22.6 Å². The van der Waals surface area contributed by atoms with E-state index in [0.29, 0.717) is 12.3 Å². The highest BCUT2D eigenvalue weighted by Crippen LogP contribution is 2.25. The Morgan fingerprint density at radius 3 is 2.47 bits per heavy atom. The zero-order valence-corrected chi connectivity index (χ0v) is 7.75. The Hall–Kier alpha value is -1.43. The summed E-state index contributed by atoms with van der Waals surface area (Å²) in [4.78, 5) is 0. The molecule has 0 radical (unpaired) electrons. The van der Waals surface area contributed by atoms with Crippen molar-refractivity contribution in [2.75, 3.05) is 13.2 Å². The van der Waals surface area contributed by atoms with Crippen LogP contribution in [0, 0.1) is 0 Å². The smallest absolute Gasteiger partial charge is 0.492 e. The standard InChI is InChI=1S/C9H10F3NO2/c10-9(11,12)15-8-3-1-2-7(6-8)14-5-4-13/h1-3,6H,4-5,13H2. The van der Waals surface area contributed by atoms with Crippen LogP contribution in [0.5, 0.6) is 11.5 Å². The lowest BCUT2D eigenvalue weighted by Crippen LogP contribution is -2.17. The van der Waals surface area contributed by atoms with Crippen LogP contribution in [0.3, 0.4) is 0 Å². The van der Waals surface area contributed by atoms with Crippen molar-refractivity contribution in [3.8, 4) is 11.5 Å². The third-order valence-electron chi connectivity index (χ3n) is 1.43. The minimum Gasteiger partial charge on any atom is -0.492 e. The summed E-state index contributed by atoms with van der Waals surface area (Å²) >= 11 is 0. The fraction of sp³-hybridized carbons (Fsp3) is 0.333. The van der Waals surface area contributed by atoms with Gasteiger partial charge in [-0.1, -0.05) is 6.07 Å². The van der Waals surface area contributed by atoms with Crippen LogP contribution < -0.4 is 15.2 Å². The van der Waals surface area contributed by atoms with Gasteiger partial charge < -0.3 is 15.2 Å². The maximum atomic E-state index is 11.8. The highest BCUT2D eigenvalue weighted by molar-refractivity contribution is 5.33. The number of benzene rings is 1. The molecule has 0 unspecified atom stereocenters. The largest absolute Gasteiger partial charge is 0.573 e. The lowest BCUT2D eigenvalue weighted by molar-refractivity contribution is -0.274. The second-order valence-electron chi connectivity index (χ2n) is 2.66. The molecular formula is C9H10F3NO2. The number of hydrogen-bond donors (Lipinski definition) is 1. The van der Waals surface area contributed by atoms with Crippen LogP contribution >= 0.6 is 0 Å². The van der Waals surface area contributed by atoms with Crippen molar-refractivity contribution in [3.63, 3.8) is 0 Å². The summed E-state index contributed by atoms with van der Waals surface area (Å²) in [5.74, 6) is -0.0146. The van der Waals surface area contributed by atoms with Crippen LogP contribution in [0.4, 0.5) is 13.2 Å². The van der Waals surface area contributed by atoms with Crippen LogP contribution in [0.2, 0.25) is 0 Å². The van der Waals surface area contributed by atoms with E-state index in [0.717, 1.165) is 6.07 Å². The van der Waals surface area contributed by atoms with Crippen molar-refractivity contribution in [1.82, 2.24) is 0 Å². The SMILES string of the molecule is NCCOc1cccc(OC(F)(F)F)c1. The van der Waals surface area contributed by atoms with Gasteiger partial charge in [0.05, 0.1) is 0 Å². The quantitative estimate of drug-likeness (QED) is 0.844. The second kappa shape index (κ2) is 4.88. The van der Waals surface area contributed by atoms with Crippen molar-refractivity contribution in [1.29, 1.82) is 0 Å². The summed E-state index contributed by atoms with van der Waals surface area (Å²) in [6, 6.07) is 5.29. The normalized spacial score (nSPS) is 11.2. The van der Waals surface area contributed by atoms with Gasteiger partial charge in [-0.3, -0.25) is 0 Å². The van der Waals surface area contributed by atoms with Gasteiger partial charge in [0.2, 0.25) is 0 Å². The molecule has 1 aromatic carbocycles. The number of ether oxygens (including phenoxy) is 2. The first-order chi connectivity index (χ1) is 7.01. The van der Waals surface area contributed by atoms with Gasteiger partial charge in [0.25, 0.3) is 0 Å². The summed E-state index contributed by atoms with van der Waals surface area (Å²) in [7, 11) is 0. The van der Waals surface area contributed by atoms with E-state index in [4.69, 9.17) is 10.5 Å². The average Bonchev–Trinajstić information content (AvgIpc) is 2.12. The van der Waals surface area contributed by atoms with Crippen LogP contribution in [0.1, 0.15) is 0 Å². The first kappa shape index (κ1) is 11.6. The molecule has 3 nitrogen and oxygen atoms in total. The minimum absolute atomic E-state index is 0.246. The van der Waals surface area contributed by atoms with Crippen LogP contribution in [0.25, 0.3) is 0 Å². The molecule has 2 N–H and O–H groups in total. The molecule has 15 heavy (non-hydrogen) atoms. The van der Waals surface area contributed by atoms with Crippen molar-refractivity contribution >= 4 is 0 Å². The highest BCUT2D eigenvalue weighted by atomic mass is 19.4. The first-order valence-corrected chi connectivity index (χ1v) is 4.20. The monoisotopic (exact) mass is 221 g/mol. The van der Waals surface area contributed by atoms with Gasteiger partial charge >= 0.3 is 6.36 Å². The Bertz CT molecular complexity index is 314. The summed E-state index contributed by atoms with van der Waals surface area (Å²) in [6.07, 6.45) is -4.69. The van der Waals surface area contributed by atoms with Crippen molar-refractivity contribution in [2.45, 2.75) is 6.36 Å². The summed E-state index contributed by atoms with van der Waals surface area (Å²) in [5.41, 5.74) is 5.18. The summed E-state index contributed by atoms with van der Waals surface area (Å²) in [6.45, 7) is 0.541. The van der Waals surface area contributed by atoms with Crippen LogP contribution in [-0.4, -0.2) is 19.5 Å². The molecule has 0 fully saturated rings. The zero-order valence-electron chi connectivity index (χ0n) is 7.75. The van der Waals surface area contributed by atoms with E-state index in [1.807, 2.05) is 0 Å². The molecule has 1 rings (SSSR count). The van der Waals surface area contributed by atoms with Crippen molar-refractivity contribution in [2.24, 2.45) is 5.73 Å².